The first kappa shape index (κ1) is 14.6. The Morgan fingerprint density at radius 1 is 1.13 bits per heavy atom. The number of aromatic nitrogens is 4. The van der Waals surface area contributed by atoms with Crippen LogP contribution in [0.2, 0.25) is 0 Å². The van der Waals surface area contributed by atoms with Gasteiger partial charge in [0.1, 0.15) is 11.6 Å². The fourth-order valence-electron chi connectivity index (χ4n) is 1.85. The number of nitrogens with one attached hydrogen (secondary N) is 2. The maximum absolute atomic E-state index is 12.0. The average Bonchev–Trinajstić information content (AvgIpc) is 2.99. The third-order valence-electron chi connectivity index (χ3n) is 2.99. The molecule has 3 aromatic rings. The molecule has 0 unspecified atom stereocenters. The molecule has 0 aromatic carbocycles. The normalized spacial score (nSPS) is 10.3. The standard InChI is InChI=1S/C15H14N6O2/c1-10-8-14(21-23-10)18-15(22)12-2-3-13(20-19-12)17-9-11-4-6-16-7-5-11/h2-8H,9H2,1H3,(H,17,20)(H,18,21,22). The van der Waals surface area contributed by atoms with E-state index in [-0.39, 0.29) is 5.69 Å². The Bertz CT molecular complexity index is 785. The number of hydrogen-bond donors (Lipinski definition) is 2. The summed E-state index contributed by atoms with van der Waals surface area (Å²) in [5.41, 5.74) is 1.27. The Morgan fingerprint density at radius 2 is 1.96 bits per heavy atom. The van der Waals surface area contributed by atoms with Crippen LogP contribution in [-0.2, 0) is 6.54 Å². The van der Waals surface area contributed by atoms with Crippen LogP contribution in [0.1, 0.15) is 21.8 Å². The quantitative estimate of drug-likeness (QED) is 0.742. The van der Waals surface area contributed by atoms with E-state index < -0.39 is 5.91 Å². The van der Waals surface area contributed by atoms with Gasteiger partial charge in [0.25, 0.3) is 5.91 Å². The van der Waals surface area contributed by atoms with Crippen LogP contribution in [0.25, 0.3) is 0 Å². The number of nitrogens with zero attached hydrogens (tertiary/aromatic N) is 4. The Balaban J connectivity index is 1.59. The van der Waals surface area contributed by atoms with Crippen LogP contribution in [-0.4, -0.2) is 26.2 Å². The average molecular weight is 310 g/mol. The van der Waals surface area contributed by atoms with Crippen molar-refractivity contribution in [1.29, 1.82) is 0 Å². The summed E-state index contributed by atoms with van der Waals surface area (Å²) >= 11 is 0. The zero-order valence-electron chi connectivity index (χ0n) is 12.4. The second kappa shape index (κ2) is 6.65. The lowest BCUT2D eigenvalue weighted by Gasteiger charge is -2.05. The Labute approximate surface area is 131 Å². The molecule has 0 atom stereocenters. The van der Waals surface area contributed by atoms with Crippen LogP contribution in [0.15, 0.2) is 47.2 Å². The SMILES string of the molecule is Cc1cc(NC(=O)c2ccc(NCc3ccncc3)nn2)no1. The highest BCUT2D eigenvalue weighted by Crippen LogP contribution is 2.10. The van der Waals surface area contributed by atoms with Crippen LogP contribution in [0.4, 0.5) is 11.6 Å². The van der Waals surface area contributed by atoms with Gasteiger partial charge in [-0.1, -0.05) is 5.16 Å². The first-order chi connectivity index (χ1) is 11.2. The van der Waals surface area contributed by atoms with Crippen molar-refractivity contribution in [3.8, 4) is 0 Å². The smallest absolute Gasteiger partial charge is 0.277 e. The Hall–Kier alpha value is -3.29. The number of anilines is 2. The van der Waals surface area contributed by atoms with Crippen LogP contribution >= 0.6 is 0 Å². The van der Waals surface area contributed by atoms with E-state index in [2.05, 4.69) is 31.0 Å². The molecule has 116 valence electrons. The van der Waals surface area contributed by atoms with E-state index in [1.165, 1.54) is 0 Å². The lowest BCUT2D eigenvalue weighted by molar-refractivity contribution is 0.102. The summed E-state index contributed by atoms with van der Waals surface area (Å²) in [6, 6.07) is 8.71. The maximum Gasteiger partial charge on any atom is 0.277 e. The van der Waals surface area contributed by atoms with E-state index in [0.29, 0.717) is 23.9 Å². The summed E-state index contributed by atoms with van der Waals surface area (Å²) in [6.45, 7) is 2.34. The van der Waals surface area contributed by atoms with E-state index in [1.54, 1.807) is 37.5 Å². The van der Waals surface area contributed by atoms with E-state index in [0.717, 1.165) is 5.56 Å². The highest BCUT2D eigenvalue weighted by Gasteiger charge is 2.11. The summed E-state index contributed by atoms with van der Waals surface area (Å²) in [5, 5.41) is 17.3. The Morgan fingerprint density at radius 3 is 2.61 bits per heavy atom. The van der Waals surface area contributed by atoms with Gasteiger partial charge in [0.15, 0.2) is 11.5 Å². The number of amides is 1. The lowest BCUT2D eigenvalue weighted by atomic mass is 10.3. The van der Waals surface area contributed by atoms with Gasteiger partial charge in [0, 0.05) is 25.0 Å². The third-order valence-corrected chi connectivity index (χ3v) is 2.99. The number of carbonyl (C=O) groups excluding carboxylic acids is 1. The van der Waals surface area contributed by atoms with Crippen molar-refractivity contribution in [3.63, 3.8) is 0 Å². The summed E-state index contributed by atoms with van der Waals surface area (Å²) in [7, 11) is 0. The molecule has 1 amide bonds. The topological polar surface area (TPSA) is 106 Å². The Kier molecular flexibility index (Phi) is 4.23. The van der Waals surface area contributed by atoms with Crippen LogP contribution < -0.4 is 10.6 Å². The van der Waals surface area contributed by atoms with Gasteiger partial charge >= 0.3 is 0 Å². The van der Waals surface area contributed by atoms with E-state index >= 15 is 0 Å². The largest absolute Gasteiger partial charge is 0.365 e. The zero-order chi connectivity index (χ0) is 16.1. The highest BCUT2D eigenvalue weighted by molar-refractivity contribution is 6.02. The highest BCUT2D eigenvalue weighted by atomic mass is 16.5. The molecule has 2 N–H and O–H groups in total. The first-order valence-corrected chi connectivity index (χ1v) is 6.92. The molecule has 3 rings (SSSR count). The number of pyridine rings is 1. The van der Waals surface area contributed by atoms with Gasteiger partial charge in [-0.2, -0.15) is 0 Å². The van der Waals surface area contributed by atoms with Crippen molar-refractivity contribution < 1.29 is 9.32 Å². The van der Waals surface area contributed by atoms with Gasteiger partial charge in [-0.15, -0.1) is 10.2 Å². The van der Waals surface area contributed by atoms with Gasteiger partial charge in [0.2, 0.25) is 0 Å². The molecule has 0 aliphatic heterocycles. The third kappa shape index (κ3) is 3.88. The number of rotatable bonds is 5. The number of carbonyl (C=O) groups is 1. The van der Waals surface area contributed by atoms with Crippen LogP contribution in [0.5, 0.6) is 0 Å². The van der Waals surface area contributed by atoms with Gasteiger partial charge in [0.05, 0.1) is 0 Å². The van der Waals surface area contributed by atoms with Crippen LogP contribution in [0, 0.1) is 6.92 Å². The predicted octanol–water partition coefficient (Wildman–Crippen LogP) is 2.03. The second-order valence-electron chi connectivity index (χ2n) is 4.79. The molecule has 0 saturated heterocycles. The van der Waals surface area contributed by atoms with E-state index in [1.807, 2.05) is 12.1 Å². The molecule has 23 heavy (non-hydrogen) atoms. The molecule has 0 saturated carbocycles. The molecule has 8 nitrogen and oxygen atoms in total. The molecule has 0 bridgehead atoms. The zero-order valence-corrected chi connectivity index (χ0v) is 12.4. The molecular formula is C15H14N6O2. The lowest BCUT2D eigenvalue weighted by Crippen LogP contribution is -2.15. The number of aryl methyl sites for hydroxylation is 1. The molecule has 0 fully saturated rings. The van der Waals surface area contributed by atoms with E-state index in [4.69, 9.17) is 4.52 Å². The van der Waals surface area contributed by atoms with Gasteiger partial charge < -0.3 is 15.2 Å². The van der Waals surface area contributed by atoms with Crippen molar-refractivity contribution >= 4 is 17.5 Å². The summed E-state index contributed by atoms with van der Waals surface area (Å²) in [5.74, 6) is 1.14. The van der Waals surface area contributed by atoms with Gasteiger partial charge in [-0.25, -0.2) is 0 Å². The maximum atomic E-state index is 12.0. The number of hydrogen-bond acceptors (Lipinski definition) is 7. The van der Waals surface area contributed by atoms with E-state index in [9.17, 15) is 4.79 Å². The van der Waals surface area contributed by atoms with Crippen LogP contribution in [0.3, 0.4) is 0 Å². The van der Waals surface area contributed by atoms with Crippen molar-refractivity contribution in [3.05, 3.63) is 59.7 Å². The minimum atomic E-state index is -0.397. The first-order valence-electron chi connectivity index (χ1n) is 6.92. The summed E-state index contributed by atoms with van der Waals surface area (Å²) in [6.07, 6.45) is 3.45. The second-order valence-corrected chi connectivity index (χ2v) is 4.79. The molecule has 3 aromatic heterocycles. The predicted molar refractivity (Wildman–Crippen MR) is 82.8 cm³/mol. The molecule has 8 heteroatoms. The monoisotopic (exact) mass is 310 g/mol. The molecule has 0 aliphatic carbocycles. The minimum absolute atomic E-state index is 0.195. The molecule has 0 aliphatic rings. The molecule has 0 radical (unpaired) electrons. The summed E-state index contributed by atoms with van der Waals surface area (Å²) in [4.78, 5) is 15.9. The van der Waals surface area contributed by atoms with Gasteiger partial charge in [-0.05, 0) is 36.8 Å². The molecule has 0 spiro atoms. The van der Waals surface area contributed by atoms with Gasteiger partial charge in [-0.3, -0.25) is 9.78 Å². The minimum Gasteiger partial charge on any atom is -0.365 e. The fourth-order valence-corrected chi connectivity index (χ4v) is 1.85. The summed E-state index contributed by atoms with van der Waals surface area (Å²) < 4.78 is 4.88. The van der Waals surface area contributed by atoms with Crippen molar-refractivity contribution in [1.82, 2.24) is 20.3 Å². The van der Waals surface area contributed by atoms with Crippen molar-refractivity contribution in [2.45, 2.75) is 13.5 Å². The molecule has 3 heterocycles. The van der Waals surface area contributed by atoms with Crippen molar-refractivity contribution in [2.24, 2.45) is 0 Å². The molecular weight excluding hydrogens is 296 g/mol. The fraction of sp³-hybridized carbons (Fsp3) is 0.133. The van der Waals surface area contributed by atoms with Crippen molar-refractivity contribution in [2.75, 3.05) is 10.6 Å².